The first-order valence-corrected chi connectivity index (χ1v) is 40.1. The Labute approximate surface area is 683 Å². The van der Waals surface area contributed by atoms with Crippen molar-refractivity contribution in [2.75, 3.05) is 83.6 Å². The number of carbonyl (C=O) groups is 4. The van der Waals surface area contributed by atoms with Gasteiger partial charge in [-0.05, 0) is 193 Å². The van der Waals surface area contributed by atoms with E-state index in [0.717, 1.165) is 112 Å². The molecule has 0 unspecified atom stereocenters. The second kappa shape index (κ2) is 35.8. The van der Waals surface area contributed by atoms with Gasteiger partial charge in [0.2, 0.25) is 23.6 Å². The molecule has 30 nitrogen and oxygen atoms in total. The number of aromatic nitrogens is 12. The molecule has 0 aromatic carbocycles. The highest BCUT2D eigenvalue weighted by atomic mass is 16.5. The van der Waals surface area contributed by atoms with Gasteiger partial charge in [0.15, 0.2) is 40.7 Å². The topological polar surface area (TPSA) is 370 Å². The zero-order valence-electron chi connectivity index (χ0n) is 72.6. The van der Waals surface area contributed by atoms with E-state index >= 15 is 0 Å². The van der Waals surface area contributed by atoms with Crippen molar-refractivity contribution >= 4 is 64.4 Å². The predicted octanol–water partition coefficient (Wildman–Crippen LogP) is 11.5. The van der Waals surface area contributed by atoms with Crippen LogP contribution in [0.5, 0.6) is 0 Å². The summed E-state index contributed by atoms with van der Waals surface area (Å²) in [5.41, 5.74) is 5.63. The van der Waals surface area contributed by atoms with Gasteiger partial charge in [0, 0.05) is 126 Å². The van der Waals surface area contributed by atoms with E-state index in [9.17, 15) is 34.5 Å². The van der Waals surface area contributed by atoms with Gasteiger partial charge >= 0.3 is 0 Å². The highest BCUT2D eigenvalue weighted by Crippen LogP contribution is 2.41. The average Bonchev–Trinajstić information content (AvgIpc) is 0.749. The molecule has 12 heterocycles. The lowest BCUT2D eigenvalue weighted by atomic mass is 9.90. The van der Waals surface area contributed by atoms with Crippen LogP contribution in [-0.2, 0) is 66.8 Å². The van der Waals surface area contributed by atoms with Crippen molar-refractivity contribution in [3.63, 3.8) is 0 Å². The van der Waals surface area contributed by atoms with Crippen molar-refractivity contribution in [1.82, 2.24) is 59.8 Å². The number of rotatable bonds is 15. The van der Waals surface area contributed by atoms with Crippen molar-refractivity contribution in [2.45, 2.75) is 249 Å². The van der Waals surface area contributed by atoms with Gasteiger partial charge < -0.3 is 50.2 Å². The molecule has 4 aliphatic carbocycles. The van der Waals surface area contributed by atoms with Gasteiger partial charge in [-0.2, -0.15) is 0 Å². The maximum atomic E-state index is 13.1. The Morgan fingerprint density at radius 2 is 0.638 bits per heavy atom. The fraction of sp³-hybridized carbons (Fsp3) is 0.535. The first-order valence-electron chi connectivity index (χ1n) is 42.1. The molecule has 0 saturated heterocycles. The van der Waals surface area contributed by atoms with Crippen LogP contribution in [0.15, 0.2) is 98.1 Å². The van der Waals surface area contributed by atoms with E-state index in [1.807, 2.05) is 34.1 Å². The summed E-state index contributed by atoms with van der Waals surface area (Å²) in [7, 11) is 6.88. The van der Waals surface area contributed by atoms with Crippen molar-refractivity contribution in [2.24, 2.45) is 0 Å². The summed E-state index contributed by atoms with van der Waals surface area (Å²) < 4.78 is 54.6. The molecule has 616 valence electrons. The summed E-state index contributed by atoms with van der Waals surface area (Å²) in [4.78, 5) is 113. The molecule has 4 aliphatic heterocycles. The van der Waals surface area contributed by atoms with Crippen molar-refractivity contribution in [3.05, 3.63) is 127 Å². The summed E-state index contributed by atoms with van der Waals surface area (Å²) in [6.07, 6.45) is 25.6. The Kier molecular flexibility index (Phi) is 24.2. The van der Waals surface area contributed by atoms with Crippen LogP contribution in [0.4, 0.5) is 40.7 Å². The van der Waals surface area contributed by atoms with E-state index in [0.29, 0.717) is 98.9 Å². The number of anilines is 7. The predicted molar refractivity (Wildman–Crippen MR) is 441 cm³/mol. The number of pyridine rings is 4. The third-order valence-electron chi connectivity index (χ3n) is 22.7. The van der Waals surface area contributed by atoms with Crippen LogP contribution < -0.4 is 35.6 Å². The molecule has 16 rings (SSSR count). The lowest BCUT2D eigenvalue weighted by Crippen LogP contribution is -2.49. The highest BCUT2D eigenvalue weighted by molar-refractivity contribution is 6.03. The van der Waals surface area contributed by atoms with Crippen LogP contribution in [-0.4, -0.2) is 195 Å². The van der Waals surface area contributed by atoms with Gasteiger partial charge in [-0.3, -0.25) is 63.7 Å². The first-order chi connectivity index (χ1) is 56.9. The zero-order chi connectivity index (χ0) is 86.0. The van der Waals surface area contributed by atoms with Gasteiger partial charge in [0.05, 0.1) is 117 Å². The number of methoxy groups -OCH3 is 4. The molecule has 4 fully saturated rings. The summed E-state index contributed by atoms with van der Waals surface area (Å²) in [5.74, 6) is 2.30. The average molecular weight is 1590 g/mol. The van der Waals surface area contributed by atoms with E-state index in [1.54, 1.807) is 143 Å². The molecule has 6 N–H and O–H groups in total. The van der Waals surface area contributed by atoms with E-state index < -0.39 is 41.5 Å². The third kappa shape index (κ3) is 19.4. The lowest BCUT2D eigenvalue weighted by molar-refractivity contribution is -0.120. The number of hydrogen-bond acceptors (Lipinski definition) is 26. The van der Waals surface area contributed by atoms with Crippen molar-refractivity contribution in [1.29, 1.82) is 0 Å². The molecule has 0 radical (unpaired) electrons. The third-order valence-corrected chi connectivity index (χ3v) is 22.7. The highest BCUT2D eigenvalue weighted by Gasteiger charge is 2.41. The maximum Gasteiger partial charge on any atom is 0.247 e. The standard InChI is InChI=1S/C23H30N4O2.3C21H27N5O3/c1-23(2,3)20-11-5-15(13-25-20)19-14-24-18-10-12-21(28)27(22(18)26-19)16-6-8-17(29-4)9-7-16;3*1-21(2,28)17-9-4-13(10-22-17)16-11-23-19-20(25-16)26(18(27)12-24-19)14-5-7-15(29-3)8-6-14/h5,11,13-14,16-17H,6-10,12H2,1-4H3;3*4,9-11,14-15,28H,5-8,12H2,1-3H3,(H,23,24)/i2*12D2;;. The summed E-state index contributed by atoms with van der Waals surface area (Å²) in [5, 5.41) is 39.0. The number of fused-ring (bicyclic) bond motifs is 4. The van der Waals surface area contributed by atoms with Crippen LogP contribution in [0.2, 0.25) is 0 Å². The van der Waals surface area contributed by atoms with Gasteiger partial charge in [0.25, 0.3) is 0 Å². The van der Waals surface area contributed by atoms with Gasteiger partial charge in [0.1, 0.15) is 16.8 Å². The van der Waals surface area contributed by atoms with Crippen LogP contribution in [0, 0.1) is 0 Å². The molecule has 4 amide bonds. The molecule has 116 heavy (non-hydrogen) atoms. The van der Waals surface area contributed by atoms with Crippen molar-refractivity contribution < 1.29 is 58.9 Å². The maximum absolute atomic E-state index is 13.1. The Morgan fingerprint density at radius 3 is 0.931 bits per heavy atom. The number of nitrogens with zero attached hydrogens (tertiary/aromatic N) is 16. The second-order valence-corrected chi connectivity index (χ2v) is 33.3. The van der Waals surface area contributed by atoms with Crippen LogP contribution >= 0.6 is 0 Å². The molecule has 30 heteroatoms. The minimum Gasteiger partial charge on any atom is -0.384 e. The number of hydrogen-bond donors (Lipinski definition) is 6. The monoisotopic (exact) mass is 1590 g/mol. The number of nitrogens with one attached hydrogen (secondary N) is 3. The Balaban J connectivity index is 0.000000138. The van der Waals surface area contributed by atoms with E-state index in [2.05, 4.69) is 81.6 Å². The SMILES string of the molecule is COC1CCC(N2C(=O)CNc3ncc(-c4ccc(C(C)(C)O)nc4)nc32)CC1.COC1CCC(N2C(=O)CNc3ncc(-c4ccc(C(C)(C)O)nc4)nc32)CC1.[2H]C1([2H])Cc2ncc(-c3ccc(C(C)(C)C)nc3)nc2N(C2CCC(OC)CC2)C1=O.[2H]C1([2H])Nc2ncc(-c3ccc(C(C)(C)O)nc3)nc2N(C2CCC(OC)CC2)C1=O. The smallest absolute Gasteiger partial charge is 0.247 e. The number of aliphatic hydroxyl groups is 3. The molecule has 0 spiro atoms. The van der Waals surface area contributed by atoms with E-state index in [1.165, 1.54) is 11.1 Å². The quantitative estimate of drug-likeness (QED) is 0.0555. The fourth-order valence-electron chi connectivity index (χ4n) is 15.9. The molecule has 8 aromatic rings. The van der Waals surface area contributed by atoms with Gasteiger partial charge in [-0.15, -0.1) is 0 Å². The van der Waals surface area contributed by atoms with Crippen LogP contribution in [0.3, 0.4) is 0 Å². The van der Waals surface area contributed by atoms with Crippen molar-refractivity contribution in [3.8, 4) is 45.0 Å². The molecule has 8 aliphatic rings. The number of aryl methyl sites for hydroxylation is 1. The van der Waals surface area contributed by atoms with E-state index in [-0.39, 0.29) is 91.1 Å². The number of carbonyl (C=O) groups excluding carboxylic acids is 4. The molecule has 4 saturated carbocycles. The molecular weight excluding hydrogens is 1480 g/mol. The summed E-state index contributed by atoms with van der Waals surface area (Å²) in [6, 6.07) is 14.7. The normalized spacial score (nSPS) is 23.7. The second-order valence-electron chi connectivity index (χ2n) is 33.3. The molecule has 0 atom stereocenters. The number of amides is 4. The van der Waals surface area contributed by atoms with Crippen LogP contribution in [0.1, 0.15) is 205 Å². The molecular formula is C86H111N19O11. The minimum absolute atomic E-state index is 0.0142. The van der Waals surface area contributed by atoms with E-state index in [4.69, 9.17) is 39.4 Å². The largest absolute Gasteiger partial charge is 0.384 e. The Hall–Kier alpha value is -10.1. The fourth-order valence-corrected chi connectivity index (χ4v) is 15.9. The molecule has 0 bridgehead atoms. The lowest BCUT2D eigenvalue weighted by Gasteiger charge is -2.38. The summed E-state index contributed by atoms with van der Waals surface area (Å²) >= 11 is 0. The minimum atomic E-state index is -2.25. The van der Waals surface area contributed by atoms with Gasteiger partial charge in [-0.1, -0.05) is 20.8 Å². The summed E-state index contributed by atoms with van der Waals surface area (Å²) in [6.45, 7) is 14.7. The Morgan fingerprint density at radius 1 is 0.353 bits per heavy atom. The Bertz CT molecular complexity index is 4630. The van der Waals surface area contributed by atoms with Crippen LogP contribution in [0.25, 0.3) is 45.0 Å². The first kappa shape index (κ1) is 78.4. The molecule has 8 aromatic heterocycles. The number of ether oxygens (including phenoxy) is 4. The van der Waals surface area contributed by atoms with Gasteiger partial charge in [-0.25, -0.2) is 34.9 Å². The zero-order valence-corrected chi connectivity index (χ0v) is 68.6.